The van der Waals surface area contributed by atoms with Gasteiger partial charge in [-0.05, 0) is 12.8 Å². The van der Waals surface area contributed by atoms with Gasteiger partial charge in [0, 0.05) is 6.54 Å². The van der Waals surface area contributed by atoms with Crippen molar-refractivity contribution < 1.29 is 15.1 Å². The predicted octanol–water partition coefficient (Wildman–Crippen LogP) is -1.53. The van der Waals surface area contributed by atoms with Crippen molar-refractivity contribution in [1.82, 2.24) is 5.48 Å². The molecule has 0 aliphatic rings. The van der Waals surface area contributed by atoms with Crippen LogP contribution in [0.2, 0.25) is 0 Å². The van der Waals surface area contributed by atoms with Crippen molar-refractivity contribution in [1.29, 1.82) is 0 Å². The smallest absolute Gasteiger partial charge is 0.323 e. The number of carboxylic acid groups (broad SMARTS) is 1. The Morgan fingerprint density at radius 3 is 2.54 bits per heavy atom. The van der Waals surface area contributed by atoms with Crippen LogP contribution >= 0.6 is 0 Å². The Kier molecular flexibility index (Phi) is 5.57. The molecule has 0 aliphatic heterocycles. The summed E-state index contributed by atoms with van der Waals surface area (Å²) in [4.78, 5) is 14.0. The lowest BCUT2D eigenvalue weighted by atomic mass is 10.2. The molecular formula is C6H14N4O3. The fourth-order valence-corrected chi connectivity index (χ4v) is 0.747. The van der Waals surface area contributed by atoms with Crippen LogP contribution < -0.4 is 16.9 Å². The van der Waals surface area contributed by atoms with Crippen LogP contribution in [0.1, 0.15) is 12.8 Å². The molecule has 7 heteroatoms. The summed E-state index contributed by atoms with van der Waals surface area (Å²) in [6, 6.07) is -0.964. The summed E-state index contributed by atoms with van der Waals surface area (Å²) in [7, 11) is 0. The van der Waals surface area contributed by atoms with E-state index in [0.29, 0.717) is 13.0 Å². The number of hydrogen-bond donors (Lipinski definition) is 5. The van der Waals surface area contributed by atoms with Gasteiger partial charge in [-0.15, -0.1) is 0 Å². The van der Waals surface area contributed by atoms with Gasteiger partial charge < -0.3 is 21.8 Å². The van der Waals surface area contributed by atoms with Crippen molar-refractivity contribution in [2.24, 2.45) is 16.5 Å². The molecule has 0 heterocycles. The lowest BCUT2D eigenvalue weighted by Crippen LogP contribution is -2.34. The van der Waals surface area contributed by atoms with Gasteiger partial charge in [0.1, 0.15) is 6.04 Å². The molecule has 0 aromatic rings. The normalized spacial score (nSPS) is 12.1. The van der Waals surface area contributed by atoms with Gasteiger partial charge in [0.05, 0.1) is 0 Å². The quantitative estimate of drug-likeness (QED) is 0.149. The molecule has 0 saturated carbocycles. The molecule has 0 spiro atoms. The van der Waals surface area contributed by atoms with Crippen molar-refractivity contribution in [3.8, 4) is 0 Å². The molecule has 0 rings (SSSR count). The minimum Gasteiger partial charge on any atom is -0.480 e. The first kappa shape index (κ1) is 11.7. The summed E-state index contributed by atoms with van der Waals surface area (Å²) in [6.07, 6.45) is 0.755. The van der Waals surface area contributed by atoms with Crippen LogP contribution in [0, 0.1) is 0 Å². The van der Waals surface area contributed by atoms with Crippen molar-refractivity contribution in [2.75, 3.05) is 6.54 Å². The van der Waals surface area contributed by atoms with Gasteiger partial charge >= 0.3 is 5.97 Å². The van der Waals surface area contributed by atoms with Crippen LogP contribution in [0.5, 0.6) is 0 Å². The molecule has 0 bridgehead atoms. The zero-order valence-corrected chi connectivity index (χ0v) is 7.10. The van der Waals surface area contributed by atoms with Crippen LogP contribution in [0.25, 0.3) is 0 Å². The first-order valence-electron chi connectivity index (χ1n) is 3.75. The zero-order valence-electron chi connectivity index (χ0n) is 7.10. The van der Waals surface area contributed by atoms with E-state index < -0.39 is 12.0 Å². The standard InChI is InChI=1S/C6H14N4O3/c7-6(8)9-3-1-2-4(10-13)5(11)12/h4,10,13H,1-3H2,(H,11,12)(H4,7,8,9)/t4-/m1/s1. The fraction of sp³-hybridized carbons (Fsp3) is 0.667. The van der Waals surface area contributed by atoms with E-state index >= 15 is 0 Å². The molecule has 0 saturated heterocycles. The summed E-state index contributed by atoms with van der Waals surface area (Å²) < 4.78 is 0. The number of guanidine groups is 1. The van der Waals surface area contributed by atoms with E-state index in [-0.39, 0.29) is 12.4 Å². The van der Waals surface area contributed by atoms with E-state index in [4.69, 9.17) is 21.8 Å². The Labute approximate surface area is 75.4 Å². The third-order valence-electron chi connectivity index (χ3n) is 1.40. The summed E-state index contributed by atoms with van der Waals surface area (Å²) in [5, 5.41) is 16.9. The molecule has 0 aromatic carbocycles. The van der Waals surface area contributed by atoms with Crippen LogP contribution in [0.15, 0.2) is 4.99 Å². The van der Waals surface area contributed by atoms with Gasteiger partial charge in [-0.2, -0.15) is 5.48 Å². The Hall–Kier alpha value is -1.34. The number of nitrogens with zero attached hydrogens (tertiary/aromatic N) is 1. The molecule has 0 amide bonds. The van der Waals surface area contributed by atoms with Crippen LogP contribution in [0.4, 0.5) is 0 Å². The highest BCUT2D eigenvalue weighted by Crippen LogP contribution is 1.96. The molecule has 0 aliphatic carbocycles. The Morgan fingerprint density at radius 1 is 1.54 bits per heavy atom. The molecule has 0 fully saturated rings. The monoisotopic (exact) mass is 190 g/mol. The maximum Gasteiger partial charge on any atom is 0.323 e. The third kappa shape index (κ3) is 5.88. The van der Waals surface area contributed by atoms with Crippen molar-refractivity contribution >= 4 is 11.9 Å². The second kappa shape index (κ2) is 6.21. The molecule has 0 aromatic heterocycles. The number of hydrogen-bond acceptors (Lipinski definition) is 4. The van der Waals surface area contributed by atoms with Gasteiger partial charge in [-0.1, -0.05) is 0 Å². The lowest BCUT2D eigenvalue weighted by molar-refractivity contribution is -0.142. The number of rotatable bonds is 6. The van der Waals surface area contributed by atoms with E-state index in [1.807, 2.05) is 0 Å². The fourth-order valence-electron chi connectivity index (χ4n) is 0.747. The molecule has 13 heavy (non-hydrogen) atoms. The van der Waals surface area contributed by atoms with Gasteiger partial charge in [0.2, 0.25) is 0 Å². The molecule has 0 radical (unpaired) electrons. The summed E-state index contributed by atoms with van der Waals surface area (Å²) >= 11 is 0. The number of hydroxylamine groups is 1. The predicted molar refractivity (Wildman–Crippen MR) is 46.3 cm³/mol. The van der Waals surface area contributed by atoms with Crippen LogP contribution in [-0.2, 0) is 4.79 Å². The van der Waals surface area contributed by atoms with Gasteiger partial charge in [0.15, 0.2) is 5.96 Å². The van der Waals surface area contributed by atoms with Crippen LogP contribution in [-0.4, -0.2) is 34.8 Å². The molecule has 7 N–H and O–H groups in total. The molecule has 0 unspecified atom stereocenters. The number of carbonyl (C=O) groups is 1. The highest BCUT2D eigenvalue weighted by molar-refractivity contribution is 5.75. The van der Waals surface area contributed by atoms with Crippen molar-refractivity contribution in [3.63, 3.8) is 0 Å². The number of aliphatic carboxylic acids is 1. The topological polar surface area (TPSA) is 134 Å². The molecular weight excluding hydrogens is 176 g/mol. The maximum atomic E-state index is 10.4. The van der Waals surface area contributed by atoms with Crippen molar-refractivity contribution in [3.05, 3.63) is 0 Å². The van der Waals surface area contributed by atoms with E-state index in [2.05, 4.69) is 4.99 Å². The Balaban J connectivity index is 3.62. The Bertz CT molecular complexity index is 190. The third-order valence-corrected chi connectivity index (χ3v) is 1.40. The minimum absolute atomic E-state index is 0.0242. The summed E-state index contributed by atoms with van der Waals surface area (Å²) in [5.74, 6) is -1.13. The molecule has 76 valence electrons. The summed E-state index contributed by atoms with van der Waals surface area (Å²) in [6.45, 7) is 0.355. The van der Waals surface area contributed by atoms with E-state index in [1.54, 1.807) is 5.48 Å². The number of aliphatic imine (C=N–C) groups is 1. The SMILES string of the molecule is NC(N)=NCCC[C@@H](NO)C(=O)O. The second-order valence-corrected chi connectivity index (χ2v) is 2.47. The van der Waals surface area contributed by atoms with Gasteiger partial charge in [-0.3, -0.25) is 9.79 Å². The van der Waals surface area contributed by atoms with Crippen LogP contribution in [0.3, 0.4) is 0 Å². The second-order valence-electron chi connectivity index (χ2n) is 2.47. The number of nitrogens with one attached hydrogen (secondary N) is 1. The minimum atomic E-state index is -1.10. The van der Waals surface area contributed by atoms with Crippen molar-refractivity contribution in [2.45, 2.75) is 18.9 Å². The van der Waals surface area contributed by atoms with Gasteiger partial charge in [0.25, 0.3) is 0 Å². The van der Waals surface area contributed by atoms with E-state index in [1.165, 1.54) is 0 Å². The molecule has 7 nitrogen and oxygen atoms in total. The summed E-state index contributed by atoms with van der Waals surface area (Å²) in [5.41, 5.74) is 11.8. The largest absolute Gasteiger partial charge is 0.480 e. The van der Waals surface area contributed by atoms with E-state index in [0.717, 1.165) is 0 Å². The maximum absolute atomic E-state index is 10.4. The highest BCUT2D eigenvalue weighted by Gasteiger charge is 2.14. The number of nitrogens with two attached hydrogens (primary N) is 2. The number of carboxylic acids is 1. The first-order valence-corrected chi connectivity index (χ1v) is 3.75. The first-order chi connectivity index (χ1) is 6.07. The Morgan fingerprint density at radius 2 is 2.15 bits per heavy atom. The van der Waals surface area contributed by atoms with Gasteiger partial charge in [-0.25, -0.2) is 0 Å². The average Bonchev–Trinajstić information content (AvgIpc) is 2.03. The highest BCUT2D eigenvalue weighted by atomic mass is 16.5. The average molecular weight is 190 g/mol. The zero-order chi connectivity index (χ0) is 10.3. The molecule has 1 atom stereocenters. The lowest BCUT2D eigenvalue weighted by Gasteiger charge is -2.07. The van der Waals surface area contributed by atoms with E-state index in [9.17, 15) is 4.79 Å².